The Morgan fingerprint density at radius 3 is 3.50 bits per heavy atom. The van der Waals surface area contributed by atoms with Gasteiger partial charge in [-0.25, -0.2) is 9.78 Å². The van der Waals surface area contributed by atoms with Crippen molar-refractivity contribution in [2.24, 2.45) is 0 Å². The van der Waals surface area contributed by atoms with Crippen molar-refractivity contribution in [1.82, 2.24) is 9.97 Å². The number of rotatable bonds is 0. The molecule has 1 N–H and O–H groups in total. The lowest BCUT2D eigenvalue weighted by Crippen LogP contribution is -2.09. The largest absolute Gasteiger partial charge is 0.478 e. The lowest BCUT2D eigenvalue weighted by atomic mass is 10.3. The van der Waals surface area contributed by atoms with E-state index >= 15 is 0 Å². The molecule has 0 atom stereocenters. The van der Waals surface area contributed by atoms with Crippen molar-refractivity contribution in [2.45, 2.75) is 6.42 Å². The topological polar surface area (TPSA) is 55.0 Å². The summed E-state index contributed by atoms with van der Waals surface area (Å²) in [5.41, 5.74) is 0.639. The van der Waals surface area contributed by atoms with Gasteiger partial charge in [0.15, 0.2) is 5.88 Å². The summed E-state index contributed by atoms with van der Waals surface area (Å²) >= 11 is 0. The second-order valence-electron chi connectivity index (χ2n) is 2.14. The van der Waals surface area contributed by atoms with E-state index in [0.717, 1.165) is 12.0 Å². The summed E-state index contributed by atoms with van der Waals surface area (Å²) in [6.07, 6.45) is 2.40. The summed E-state index contributed by atoms with van der Waals surface area (Å²) in [6.45, 7) is 0.650. The molecule has 0 saturated heterocycles. The quantitative estimate of drug-likeness (QED) is 0.535. The van der Waals surface area contributed by atoms with E-state index in [4.69, 9.17) is 4.74 Å². The van der Waals surface area contributed by atoms with Crippen LogP contribution in [0.5, 0.6) is 5.88 Å². The van der Waals surface area contributed by atoms with Crippen LogP contribution in [0.2, 0.25) is 0 Å². The molecule has 0 saturated carbocycles. The third-order valence-electron chi connectivity index (χ3n) is 1.47. The number of H-pyrrole nitrogens is 1. The summed E-state index contributed by atoms with van der Waals surface area (Å²) in [4.78, 5) is 16.6. The van der Waals surface area contributed by atoms with Gasteiger partial charge in [-0.05, 0) is 0 Å². The number of aromatic amines is 1. The first-order valence-electron chi connectivity index (χ1n) is 3.07. The van der Waals surface area contributed by atoms with Gasteiger partial charge in [0.2, 0.25) is 0 Å². The van der Waals surface area contributed by atoms with Crippen molar-refractivity contribution < 1.29 is 4.74 Å². The molecule has 1 aromatic rings. The fourth-order valence-electron chi connectivity index (χ4n) is 0.975. The predicted octanol–water partition coefficient (Wildman–Crippen LogP) is -0.295. The molecule has 0 amide bonds. The lowest BCUT2D eigenvalue weighted by Gasteiger charge is -1.93. The van der Waals surface area contributed by atoms with Crippen LogP contribution in [0, 0.1) is 0 Å². The summed E-state index contributed by atoms with van der Waals surface area (Å²) in [5.74, 6) is 0.583. The average molecular weight is 138 g/mol. The Bertz CT molecular complexity index is 305. The molecule has 1 aliphatic heterocycles. The minimum atomic E-state index is -0.347. The maximum absolute atomic E-state index is 10.6. The van der Waals surface area contributed by atoms with Gasteiger partial charge in [0.1, 0.15) is 0 Å². The second kappa shape index (κ2) is 1.83. The molecule has 0 aliphatic carbocycles. The third kappa shape index (κ3) is 0.689. The maximum atomic E-state index is 10.6. The molecule has 2 rings (SSSR count). The fraction of sp³-hybridized carbons (Fsp3) is 0.333. The van der Waals surface area contributed by atoms with Crippen molar-refractivity contribution in [3.63, 3.8) is 0 Å². The summed E-state index contributed by atoms with van der Waals surface area (Å²) < 4.78 is 5.08. The van der Waals surface area contributed by atoms with Gasteiger partial charge in [0.25, 0.3) is 0 Å². The number of hydrogen-bond acceptors (Lipinski definition) is 3. The molecule has 2 heterocycles. The van der Waals surface area contributed by atoms with Gasteiger partial charge in [0, 0.05) is 18.2 Å². The first kappa shape index (κ1) is 5.46. The number of nitrogens with one attached hydrogen (secondary N) is 1. The van der Waals surface area contributed by atoms with Crippen molar-refractivity contribution >= 4 is 0 Å². The SMILES string of the molecule is O=c1ncc2c([nH]1)OCC2. The van der Waals surface area contributed by atoms with E-state index in [1.54, 1.807) is 6.20 Å². The van der Waals surface area contributed by atoms with E-state index in [1.807, 2.05) is 0 Å². The highest BCUT2D eigenvalue weighted by Crippen LogP contribution is 2.17. The highest BCUT2D eigenvalue weighted by Gasteiger charge is 2.11. The Labute approximate surface area is 56.9 Å². The van der Waals surface area contributed by atoms with Crippen LogP contribution >= 0.6 is 0 Å². The van der Waals surface area contributed by atoms with Crippen LogP contribution in [0.15, 0.2) is 11.0 Å². The fourth-order valence-corrected chi connectivity index (χ4v) is 0.975. The average Bonchev–Trinajstić information content (AvgIpc) is 2.33. The molecule has 10 heavy (non-hydrogen) atoms. The number of hydrogen-bond donors (Lipinski definition) is 1. The first-order valence-corrected chi connectivity index (χ1v) is 3.07. The molecule has 1 aromatic heterocycles. The molecule has 4 nitrogen and oxygen atoms in total. The molecule has 4 heteroatoms. The van der Waals surface area contributed by atoms with Crippen molar-refractivity contribution in [2.75, 3.05) is 6.61 Å². The van der Waals surface area contributed by atoms with E-state index in [2.05, 4.69) is 9.97 Å². The Morgan fingerprint density at radius 1 is 1.70 bits per heavy atom. The first-order chi connectivity index (χ1) is 4.86. The summed E-state index contributed by atoms with van der Waals surface area (Å²) in [7, 11) is 0. The van der Waals surface area contributed by atoms with Crippen LogP contribution in [0.25, 0.3) is 0 Å². The summed E-state index contributed by atoms with van der Waals surface area (Å²) in [6, 6.07) is 0. The van der Waals surface area contributed by atoms with Gasteiger partial charge in [-0.3, -0.25) is 4.98 Å². The number of nitrogens with zero attached hydrogens (tertiary/aromatic N) is 1. The van der Waals surface area contributed by atoms with E-state index < -0.39 is 0 Å². The van der Waals surface area contributed by atoms with Gasteiger partial charge in [-0.1, -0.05) is 0 Å². The van der Waals surface area contributed by atoms with Crippen LogP contribution < -0.4 is 10.4 Å². The molecule has 0 bridgehead atoms. The third-order valence-corrected chi connectivity index (χ3v) is 1.47. The Morgan fingerprint density at radius 2 is 2.60 bits per heavy atom. The van der Waals surface area contributed by atoms with Crippen molar-refractivity contribution in [3.05, 3.63) is 22.2 Å². The highest BCUT2D eigenvalue weighted by atomic mass is 16.5. The molecule has 0 radical (unpaired) electrons. The van der Waals surface area contributed by atoms with E-state index in [9.17, 15) is 4.79 Å². The van der Waals surface area contributed by atoms with Crippen LogP contribution in [0.3, 0.4) is 0 Å². The van der Waals surface area contributed by atoms with Gasteiger partial charge < -0.3 is 4.74 Å². The standard InChI is InChI=1S/C6H6N2O2/c9-6-7-3-4-1-2-10-5(4)8-6/h3H,1-2H2,(H,7,8,9). The van der Waals surface area contributed by atoms with E-state index in [-0.39, 0.29) is 5.69 Å². The molecule has 1 aliphatic rings. The van der Waals surface area contributed by atoms with Crippen LogP contribution in [-0.2, 0) is 6.42 Å². The lowest BCUT2D eigenvalue weighted by molar-refractivity contribution is 0.343. The monoisotopic (exact) mass is 138 g/mol. The minimum Gasteiger partial charge on any atom is -0.478 e. The van der Waals surface area contributed by atoms with Gasteiger partial charge >= 0.3 is 5.69 Å². The smallest absolute Gasteiger partial charge is 0.347 e. The zero-order chi connectivity index (χ0) is 6.97. The zero-order valence-electron chi connectivity index (χ0n) is 5.26. The van der Waals surface area contributed by atoms with Crippen molar-refractivity contribution in [3.8, 4) is 5.88 Å². The molecular formula is C6H6N2O2. The Hall–Kier alpha value is -1.32. The second-order valence-corrected chi connectivity index (χ2v) is 2.14. The van der Waals surface area contributed by atoms with Gasteiger partial charge in [0.05, 0.1) is 6.61 Å². The maximum Gasteiger partial charge on any atom is 0.347 e. The molecular weight excluding hydrogens is 132 g/mol. The van der Waals surface area contributed by atoms with Crippen LogP contribution in [0.4, 0.5) is 0 Å². The normalized spacial score (nSPS) is 14.4. The number of ether oxygens (including phenoxy) is 1. The van der Waals surface area contributed by atoms with Gasteiger partial charge in [-0.2, -0.15) is 0 Å². The van der Waals surface area contributed by atoms with Crippen molar-refractivity contribution in [1.29, 1.82) is 0 Å². The Kier molecular flexibility index (Phi) is 1.00. The molecule has 52 valence electrons. The highest BCUT2D eigenvalue weighted by molar-refractivity contribution is 5.25. The van der Waals surface area contributed by atoms with Gasteiger partial charge in [-0.15, -0.1) is 0 Å². The van der Waals surface area contributed by atoms with E-state index in [0.29, 0.717) is 12.5 Å². The molecule has 0 aromatic carbocycles. The molecule has 0 spiro atoms. The predicted molar refractivity (Wildman–Crippen MR) is 34.1 cm³/mol. The Balaban J connectivity index is 2.63. The van der Waals surface area contributed by atoms with E-state index in [1.165, 1.54) is 0 Å². The van der Waals surface area contributed by atoms with Crippen LogP contribution in [0.1, 0.15) is 5.56 Å². The summed E-state index contributed by atoms with van der Waals surface area (Å²) in [5, 5.41) is 0. The number of aromatic nitrogens is 2. The number of fused-ring (bicyclic) bond motifs is 1. The molecule has 0 fully saturated rings. The zero-order valence-corrected chi connectivity index (χ0v) is 5.26. The van der Waals surface area contributed by atoms with Crippen LogP contribution in [-0.4, -0.2) is 16.6 Å². The molecule has 0 unspecified atom stereocenters. The minimum absolute atomic E-state index is 0.347.